The number of hydrogen-bond donors (Lipinski definition) is 3. The first-order chi connectivity index (χ1) is 7.82. The minimum Gasteiger partial charge on any atom is -0.480 e. The fourth-order valence-corrected chi connectivity index (χ4v) is 1.40. The van der Waals surface area contributed by atoms with Crippen molar-refractivity contribution in [3.05, 3.63) is 0 Å². The van der Waals surface area contributed by atoms with E-state index in [1.807, 2.05) is 20.8 Å². The zero-order valence-corrected chi connectivity index (χ0v) is 11.1. The highest BCUT2D eigenvalue weighted by Crippen LogP contribution is 2.20. The summed E-state index contributed by atoms with van der Waals surface area (Å²) in [7, 11) is 0. The number of aliphatic carboxylic acids is 1. The molecule has 0 spiro atoms. The Morgan fingerprint density at radius 1 is 1.41 bits per heavy atom. The van der Waals surface area contributed by atoms with Crippen LogP contribution in [0.5, 0.6) is 0 Å². The van der Waals surface area contributed by atoms with Gasteiger partial charge in [0.05, 0.1) is 5.41 Å². The quantitative estimate of drug-likeness (QED) is 0.622. The third-order valence-corrected chi connectivity index (χ3v) is 3.54. The summed E-state index contributed by atoms with van der Waals surface area (Å²) in [5.41, 5.74) is 4.88. The molecule has 0 heterocycles. The number of nitrogens with one attached hydrogen (secondary N) is 1. The molecule has 0 rings (SSSR count). The Bertz CT molecular complexity index is 275. The van der Waals surface area contributed by atoms with Crippen LogP contribution in [-0.2, 0) is 9.59 Å². The van der Waals surface area contributed by atoms with E-state index in [9.17, 15) is 9.59 Å². The van der Waals surface area contributed by atoms with Gasteiger partial charge in [0, 0.05) is 6.54 Å². The normalized spacial score (nSPS) is 17.9. The first kappa shape index (κ1) is 15.9. The molecular formula is C12H24N2O3. The zero-order chi connectivity index (χ0) is 13.6. The topological polar surface area (TPSA) is 92.4 Å². The van der Waals surface area contributed by atoms with E-state index in [2.05, 4.69) is 5.32 Å². The van der Waals surface area contributed by atoms with Crippen molar-refractivity contribution in [2.45, 2.75) is 46.6 Å². The van der Waals surface area contributed by atoms with Crippen LogP contribution >= 0.6 is 0 Å². The Morgan fingerprint density at radius 2 is 1.94 bits per heavy atom. The number of hydrogen-bond acceptors (Lipinski definition) is 3. The van der Waals surface area contributed by atoms with Crippen LogP contribution < -0.4 is 11.1 Å². The largest absolute Gasteiger partial charge is 0.480 e. The molecule has 4 N–H and O–H groups in total. The maximum Gasteiger partial charge on any atom is 0.326 e. The van der Waals surface area contributed by atoms with Gasteiger partial charge in [-0.2, -0.15) is 0 Å². The van der Waals surface area contributed by atoms with E-state index in [4.69, 9.17) is 10.8 Å². The molecule has 0 aliphatic heterocycles. The summed E-state index contributed by atoms with van der Waals surface area (Å²) in [4.78, 5) is 23.1. The third kappa shape index (κ3) is 4.00. The van der Waals surface area contributed by atoms with Gasteiger partial charge < -0.3 is 16.2 Å². The number of carbonyl (C=O) groups is 2. The first-order valence-electron chi connectivity index (χ1n) is 6.06. The van der Waals surface area contributed by atoms with Crippen LogP contribution in [0.3, 0.4) is 0 Å². The van der Waals surface area contributed by atoms with Crippen molar-refractivity contribution in [2.75, 3.05) is 6.54 Å². The van der Waals surface area contributed by atoms with Gasteiger partial charge in [0.15, 0.2) is 0 Å². The summed E-state index contributed by atoms with van der Waals surface area (Å²) < 4.78 is 0. The smallest absolute Gasteiger partial charge is 0.326 e. The lowest BCUT2D eigenvalue weighted by molar-refractivity contribution is -0.145. The second kappa shape index (κ2) is 6.59. The van der Waals surface area contributed by atoms with Gasteiger partial charge in [-0.25, -0.2) is 4.79 Å². The molecule has 3 unspecified atom stereocenters. The Hall–Kier alpha value is -1.10. The van der Waals surface area contributed by atoms with Crippen molar-refractivity contribution < 1.29 is 14.7 Å². The summed E-state index contributed by atoms with van der Waals surface area (Å²) >= 11 is 0. The monoisotopic (exact) mass is 244 g/mol. The van der Waals surface area contributed by atoms with E-state index < -0.39 is 17.4 Å². The molecule has 17 heavy (non-hydrogen) atoms. The molecule has 0 saturated heterocycles. The lowest BCUT2D eigenvalue weighted by atomic mass is 9.85. The minimum absolute atomic E-state index is 0.102. The van der Waals surface area contributed by atoms with Gasteiger partial charge in [-0.05, 0) is 19.3 Å². The van der Waals surface area contributed by atoms with Crippen molar-refractivity contribution >= 4 is 11.9 Å². The third-order valence-electron chi connectivity index (χ3n) is 3.54. The molecular weight excluding hydrogens is 220 g/mol. The molecule has 0 fully saturated rings. The van der Waals surface area contributed by atoms with Gasteiger partial charge in [0.2, 0.25) is 5.91 Å². The number of rotatable bonds is 7. The van der Waals surface area contributed by atoms with Crippen molar-refractivity contribution in [1.82, 2.24) is 5.32 Å². The lowest BCUT2D eigenvalue weighted by Gasteiger charge is -2.29. The maximum absolute atomic E-state index is 12.0. The standard InChI is InChI=1S/C12H24N2O3/c1-5-8(3)9(10(15)16)14-11(17)12(4,6-2)7-13/h8-9H,5-7,13H2,1-4H3,(H,14,17)(H,15,16). The highest BCUT2D eigenvalue weighted by Gasteiger charge is 2.34. The van der Waals surface area contributed by atoms with Crippen LogP contribution in [0.25, 0.3) is 0 Å². The van der Waals surface area contributed by atoms with E-state index in [1.165, 1.54) is 0 Å². The fourth-order valence-electron chi connectivity index (χ4n) is 1.40. The molecule has 0 aromatic heterocycles. The summed E-state index contributed by atoms with van der Waals surface area (Å²) in [5.74, 6) is -1.38. The van der Waals surface area contributed by atoms with Gasteiger partial charge in [-0.1, -0.05) is 27.2 Å². The van der Waals surface area contributed by atoms with E-state index in [-0.39, 0.29) is 18.4 Å². The predicted octanol–water partition coefficient (Wildman–Crippen LogP) is 0.977. The molecule has 1 amide bonds. The van der Waals surface area contributed by atoms with Crippen LogP contribution in [0.1, 0.15) is 40.5 Å². The average Bonchev–Trinajstić information content (AvgIpc) is 2.33. The second-order valence-corrected chi connectivity index (χ2v) is 4.79. The highest BCUT2D eigenvalue weighted by atomic mass is 16.4. The Morgan fingerprint density at radius 3 is 2.24 bits per heavy atom. The minimum atomic E-state index is -0.997. The maximum atomic E-state index is 12.0. The van der Waals surface area contributed by atoms with Crippen molar-refractivity contribution in [1.29, 1.82) is 0 Å². The van der Waals surface area contributed by atoms with Crippen molar-refractivity contribution in [3.63, 3.8) is 0 Å². The van der Waals surface area contributed by atoms with Crippen LogP contribution in [0.15, 0.2) is 0 Å². The fraction of sp³-hybridized carbons (Fsp3) is 0.833. The molecule has 5 heteroatoms. The van der Waals surface area contributed by atoms with E-state index in [0.717, 1.165) is 0 Å². The van der Waals surface area contributed by atoms with Gasteiger partial charge in [-0.15, -0.1) is 0 Å². The molecule has 3 atom stereocenters. The summed E-state index contributed by atoms with van der Waals surface area (Å²) in [6.45, 7) is 7.53. The highest BCUT2D eigenvalue weighted by molar-refractivity contribution is 5.87. The van der Waals surface area contributed by atoms with Crippen molar-refractivity contribution in [3.8, 4) is 0 Å². The molecule has 0 radical (unpaired) electrons. The number of amides is 1. The Balaban J connectivity index is 4.78. The molecule has 0 aromatic carbocycles. The molecule has 0 aliphatic carbocycles. The summed E-state index contributed by atoms with van der Waals surface area (Å²) in [5, 5.41) is 11.7. The molecule has 0 aliphatic rings. The van der Waals surface area contributed by atoms with Crippen LogP contribution in [0.4, 0.5) is 0 Å². The SMILES string of the molecule is CCC(C)C(NC(=O)C(C)(CC)CN)C(=O)O. The summed E-state index contributed by atoms with van der Waals surface area (Å²) in [6.07, 6.45) is 1.28. The zero-order valence-electron chi connectivity index (χ0n) is 11.1. The van der Waals surface area contributed by atoms with Gasteiger partial charge >= 0.3 is 5.97 Å². The van der Waals surface area contributed by atoms with Crippen LogP contribution in [0.2, 0.25) is 0 Å². The number of nitrogens with two attached hydrogens (primary N) is 1. The molecule has 0 saturated carbocycles. The average molecular weight is 244 g/mol. The molecule has 0 aromatic rings. The van der Waals surface area contributed by atoms with E-state index in [0.29, 0.717) is 12.8 Å². The lowest BCUT2D eigenvalue weighted by Crippen LogP contribution is -2.52. The molecule has 100 valence electrons. The van der Waals surface area contributed by atoms with Gasteiger partial charge in [0.1, 0.15) is 6.04 Å². The van der Waals surface area contributed by atoms with Crippen LogP contribution in [0, 0.1) is 11.3 Å². The van der Waals surface area contributed by atoms with E-state index in [1.54, 1.807) is 6.92 Å². The molecule has 0 bridgehead atoms. The number of carboxylic acids is 1. The molecule has 5 nitrogen and oxygen atoms in total. The second-order valence-electron chi connectivity index (χ2n) is 4.79. The van der Waals surface area contributed by atoms with Crippen molar-refractivity contribution in [2.24, 2.45) is 17.1 Å². The van der Waals surface area contributed by atoms with E-state index >= 15 is 0 Å². The predicted molar refractivity (Wildman–Crippen MR) is 66.5 cm³/mol. The number of carboxylic acid groups (broad SMARTS) is 1. The van der Waals surface area contributed by atoms with Gasteiger partial charge in [-0.3, -0.25) is 4.79 Å². The Labute approximate surface area is 103 Å². The van der Waals surface area contributed by atoms with Crippen LogP contribution in [-0.4, -0.2) is 29.6 Å². The number of carbonyl (C=O) groups excluding carboxylic acids is 1. The first-order valence-corrected chi connectivity index (χ1v) is 6.06. The summed E-state index contributed by atoms with van der Waals surface area (Å²) in [6, 6.07) is -0.843. The Kier molecular flexibility index (Phi) is 6.16. The van der Waals surface area contributed by atoms with Gasteiger partial charge in [0.25, 0.3) is 0 Å².